The van der Waals surface area contributed by atoms with E-state index in [2.05, 4.69) is 21.1 Å². The van der Waals surface area contributed by atoms with E-state index < -0.39 is 0 Å². The van der Waals surface area contributed by atoms with Crippen LogP contribution in [-0.4, -0.2) is 43.7 Å². The molecule has 0 aliphatic rings. The van der Waals surface area contributed by atoms with Gasteiger partial charge in [-0.25, -0.2) is 5.84 Å². The van der Waals surface area contributed by atoms with Gasteiger partial charge >= 0.3 is 0 Å². The second-order valence-electron chi connectivity index (χ2n) is 5.40. The maximum Gasteiger partial charge on any atom is 0.222 e. The Hall–Kier alpha value is -1.34. The number of rotatable bonds is 8. The van der Waals surface area contributed by atoms with E-state index in [4.69, 9.17) is 10.6 Å². The van der Waals surface area contributed by atoms with Crippen molar-refractivity contribution in [3.8, 4) is 0 Å². The highest BCUT2D eigenvalue weighted by Gasteiger charge is 2.13. The maximum absolute atomic E-state index is 11.6. The molecule has 0 unspecified atom stereocenters. The summed E-state index contributed by atoms with van der Waals surface area (Å²) < 4.78 is 5.21. The van der Waals surface area contributed by atoms with E-state index in [1.807, 2.05) is 27.7 Å². The Morgan fingerprint density at radius 3 is 2.60 bits per heavy atom. The minimum absolute atomic E-state index is 0.00211. The third kappa shape index (κ3) is 11.7. The van der Waals surface area contributed by atoms with Crippen molar-refractivity contribution in [2.45, 2.75) is 46.1 Å². The van der Waals surface area contributed by atoms with Crippen molar-refractivity contribution in [1.29, 1.82) is 0 Å². The molecule has 0 bridgehead atoms. The van der Waals surface area contributed by atoms with Crippen LogP contribution >= 0.6 is 0 Å². The summed E-state index contributed by atoms with van der Waals surface area (Å²) >= 11 is 0. The highest BCUT2D eigenvalue weighted by Crippen LogP contribution is 1.98. The van der Waals surface area contributed by atoms with Crippen LogP contribution in [0.4, 0.5) is 0 Å². The zero-order valence-electron chi connectivity index (χ0n) is 13.1. The van der Waals surface area contributed by atoms with Crippen LogP contribution in [0, 0.1) is 0 Å². The fourth-order valence-electron chi connectivity index (χ4n) is 1.43. The Balaban J connectivity index is 3.83. The van der Waals surface area contributed by atoms with E-state index in [-0.39, 0.29) is 11.4 Å². The number of nitrogens with zero attached hydrogens (tertiary/aromatic N) is 1. The molecule has 7 nitrogen and oxygen atoms in total. The zero-order valence-corrected chi connectivity index (χ0v) is 13.1. The number of guanidine groups is 1. The summed E-state index contributed by atoms with van der Waals surface area (Å²) in [5.41, 5.74) is 2.27. The summed E-state index contributed by atoms with van der Waals surface area (Å²) in [7, 11) is 0. The summed E-state index contributed by atoms with van der Waals surface area (Å²) in [5, 5.41) is 5.88. The first-order chi connectivity index (χ1) is 9.39. The standard InChI is InChI=1S/C13H29N5O2/c1-5-20-10-6-8-15-12(18-14)16-9-7-11(19)17-13(2,3)4/h5-10,14H2,1-4H3,(H,17,19)(H2,15,16,18). The van der Waals surface area contributed by atoms with Crippen LogP contribution < -0.4 is 21.9 Å². The SMILES string of the molecule is CCOCCCN=C(NN)NCCC(=O)NC(C)(C)C. The van der Waals surface area contributed by atoms with Crippen LogP contribution in [0.5, 0.6) is 0 Å². The second kappa shape index (κ2) is 10.4. The first-order valence-electron chi connectivity index (χ1n) is 7.02. The molecule has 0 heterocycles. The number of carbonyl (C=O) groups is 1. The van der Waals surface area contributed by atoms with E-state index in [1.54, 1.807) is 0 Å². The van der Waals surface area contributed by atoms with E-state index in [1.165, 1.54) is 0 Å². The van der Waals surface area contributed by atoms with Crippen molar-refractivity contribution in [3.63, 3.8) is 0 Å². The zero-order chi connectivity index (χ0) is 15.4. The number of nitrogens with one attached hydrogen (secondary N) is 3. The molecule has 0 aliphatic heterocycles. The third-order valence-electron chi connectivity index (χ3n) is 2.22. The van der Waals surface area contributed by atoms with E-state index in [0.29, 0.717) is 38.7 Å². The van der Waals surface area contributed by atoms with Gasteiger partial charge in [-0.2, -0.15) is 0 Å². The Labute approximate surface area is 121 Å². The lowest BCUT2D eigenvalue weighted by Gasteiger charge is -2.20. The first kappa shape index (κ1) is 18.7. The quantitative estimate of drug-likeness (QED) is 0.167. The number of hydrogen-bond acceptors (Lipinski definition) is 4. The number of hydrogen-bond donors (Lipinski definition) is 4. The van der Waals surface area contributed by atoms with E-state index in [9.17, 15) is 4.79 Å². The second-order valence-corrected chi connectivity index (χ2v) is 5.40. The monoisotopic (exact) mass is 287 g/mol. The molecule has 1 amide bonds. The Morgan fingerprint density at radius 2 is 2.05 bits per heavy atom. The minimum Gasteiger partial charge on any atom is -0.382 e. The lowest BCUT2D eigenvalue weighted by atomic mass is 10.1. The molecule has 0 spiro atoms. The van der Waals surface area contributed by atoms with Crippen LogP contribution in [0.25, 0.3) is 0 Å². The Bertz CT molecular complexity index is 300. The molecule has 0 fully saturated rings. The number of aliphatic imine (C=N–C) groups is 1. The number of carbonyl (C=O) groups excluding carboxylic acids is 1. The maximum atomic E-state index is 11.6. The molecular formula is C13H29N5O2. The van der Waals surface area contributed by atoms with Crippen LogP contribution in [0.2, 0.25) is 0 Å². The molecule has 0 aromatic heterocycles. The van der Waals surface area contributed by atoms with Crippen molar-refractivity contribution in [1.82, 2.24) is 16.1 Å². The van der Waals surface area contributed by atoms with Gasteiger partial charge in [0, 0.05) is 38.3 Å². The molecule has 0 rings (SSSR count). The van der Waals surface area contributed by atoms with E-state index >= 15 is 0 Å². The summed E-state index contributed by atoms with van der Waals surface area (Å²) in [4.78, 5) is 15.8. The molecule has 0 radical (unpaired) electrons. The van der Waals surface area contributed by atoms with Gasteiger partial charge < -0.3 is 15.4 Å². The highest BCUT2D eigenvalue weighted by molar-refractivity contribution is 5.81. The molecule has 0 saturated carbocycles. The minimum atomic E-state index is -0.209. The molecule has 0 aromatic carbocycles. The van der Waals surface area contributed by atoms with Gasteiger partial charge in [0.15, 0.2) is 0 Å². The van der Waals surface area contributed by atoms with Gasteiger partial charge in [0.1, 0.15) is 0 Å². The number of nitrogens with two attached hydrogens (primary N) is 1. The van der Waals surface area contributed by atoms with Gasteiger partial charge in [-0.3, -0.25) is 15.2 Å². The summed E-state index contributed by atoms with van der Waals surface area (Å²) in [6.45, 7) is 10.3. The van der Waals surface area contributed by atoms with E-state index in [0.717, 1.165) is 6.42 Å². The van der Waals surface area contributed by atoms with Gasteiger partial charge in [-0.05, 0) is 34.1 Å². The van der Waals surface area contributed by atoms with Crippen molar-refractivity contribution in [2.75, 3.05) is 26.3 Å². The van der Waals surface area contributed by atoms with Crippen LogP contribution in [0.1, 0.15) is 40.5 Å². The van der Waals surface area contributed by atoms with Gasteiger partial charge in [0.25, 0.3) is 0 Å². The molecular weight excluding hydrogens is 258 g/mol. The number of amides is 1. The Kier molecular flexibility index (Phi) is 9.75. The third-order valence-corrected chi connectivity index (χ3v) is 2.22. The van der Waals surface area contributed by atoms with Gasteiger partial charge in [0.05, 0.1) is 0 Å². The normalized spacial score (nSPS) is 12.2. The van der Waals surface area contributed by atoms with Crippen LogP contribution in [0.3, 0.4) is 0 Å². The summed E-state index contributed by atoms with van der Waals surface area (Å²) in [5.74, 6) is 5.85. The van der Waals surface area contributed by atoms with Crippen molar-refractivity contribution in [3.05, 3.63) is 0 Å². The van der Waals surface area contributed by atoms with Crippen molar-refractivity contribution in [2.24, 2.45) is 10.8 Å². The molecule has 0 aromatic rings. The smallest absolute Gasteiger partial charge is 0.222 e. The van der Waals surface area contributed by atoms with Crippen molar-refractivity contribution < 1.29 is 9.53 Å². The van der Waals surface area contributed by atoms with Gasteiger partial charge in [-0.15, -0.1) is 0 Å². The van der Waals surface area contributed by atoms with Crippen LogP contribution in [0.15, 0.2) is 4.99 Å². The lowest BCUT2D eigenvalue weighted by molar-refractivity contribution is -0.122. The molecule has 5 N–H and O–H groups in total. The first-order valence-corrected chi connectivity index (χ1v) is 7.02. The molecule has 118 valence electrons. The summed E-state index contributed by atoms with van der Waals surface area (Å²) in [6, 6.07) is 0. The molecule has 0 saturated heterocycles. The van der Waals surface area contributed by atoms with Crippen molar-refractivity contribution >= 4 is 11.9 Å². The average molecular weight is 287 g/mol. The molecule has 0 atom stereocenters. The lowest BCUT2D eigenvalue weighted by Crippen LogP contribution is -2.45. The fraction of sp³-hybridized carbons (Fsp3) is 0.846. The predicted octanol–water partition coefficient (Wildman–Crippen LogP) is 0.127. The van der Waals surface area contributed by atoms with Gasteiger partial charge in [-0.1, -0.05) is 0 Å². The highest BCUT2D eigenvalue weighted by atomic mass is 16.5. The largest absolute Gasteiger partial charge is 0.382 e. The van der Waals surface area contributed by atoms with Crippen LogP contribution in [-0.2, 0) is 9.53 Å². The predicted molar refractivity (Wildman–Crippen MR) is 81.3 cm³/mol. The topological polar surface area (TPSA) is 101 Å². The van der Waals surface area contributed by atoms with Gasteiger partial charge in [0.2, 0.25) is 11.9 Å². The average Bonchev–Trinajstić information content (AvgIpc) is 2.34. The Morgan fingerprint density at radius 1 is 1.35 bits per heavy atom. The number of ether oxygens (including phenoxy) is 1. The fourth-order valence-corrected chi connectivity index (χ4v) is 1.43. The number of hydrazine groups is 1. The summed E-state index contributed by atoms with van der Waals surface area (Å²) in [6.07, 6.45) is 1.21. The molecule has 7 heteroatoms. The molecule has 0 aliphatic carbocycles. The molecule has 20 heavy (non-hydrogen) atoms.